The van der Waals surface area contributed by atoms with Gasteiger partial charge >= 0.3 is 0 Å². The van der Waals surface area contributed by atoms with E-state index in [4.69, 9.17) is 4.98 Å². The fraction of sp³-hybridized carbons (Fsp3) is 0.200. The second kappa shape index (κ2) is 6.28. The molecule has 1 unspecified atom stereocenters. The van der Waals surface area contributed by atoms with E-state index < -0.39 is 0 Å². The molecule has 0 spiro atoms. The number of thiazole rings is 1. The predicted octanol–water partition coefficient (Wildman–Crippen LogP) is 5.09. The highest BCUT2D eigenvalue weighted by atomic mass is 32.1. The highest BCUT2D eigenvalue weighted by molar-refractivity contribution is 7.18. The molecule has 4 aromatic rings. The van der Waals surface area contributed by atoms with Crippen molar-refractivity contribution in [1.29, 1.82) is 0 Å². The first-order valence-electron chi connectivity index (χ1n) is 8.85. The molecule has 6 nitrogen and oxygen atoms in total. The van der Waals surface area contributed by atoms with Crippen molar-refractivity contribution in [2.45, 2.75) is 18.9 Å². The molecule has 2 aromatic heterocycles. The van der Waals surface area contributed by atoms with Crippen LogP contribution in [-0.2, 0) is 0 Å². The van der Waals surface area contributed by atoms with Crippen molar-refractivity contribution in [1.82, 2.24) is 9.97 Å². The summed E-state index contributed by atoms with van der Waals surface area (Å²) in [6.07, 6.45) is 5.38. The summed E-state index contributed by atoms with van der Waals surface area (Å²) < 4.78 is 1.19. The predicted molar refractivity (Wildman–Crippen MR) is 107 cm³/mol. The molecule has 0 bridgehead atoms. The lowest BCUT2D eigenvalue weighted by atomic mass is 10.1. The Morgan fingerprint density at radius 2 is 2.04 bits per heavy atom. The first kappa shape index (κ1) is 16.1. The molecule has 3 heterocycles. The second-order valence-corrected chi connectivity index (χ2v) is 7.72. The number of para-hydroxylation sites is 1. The summed E-state index contributed by atoms with van der Waals surface area (Å²) in [6, 6.07) is 13.7. The Bertz CT molecular complexity index is 1140. The van der Waals surface area contributed by atoms with Gasteiger partial charge in [0.1, 0.15) is 5.01 Å². The molecule has 0 saturated carbocycles. The summed E-state index contributed by atoms with van der Waals surface area (Å²) in [7, 11) is 0. The van der Waals surface area contributed by atoms with Gasteiger partial charge in [-0.05, 0) is 37.1 Å². The third-order valence-corrected chi connectivity index (χ3v) is 6.26. The molecule has 7 heteroatoms. The number of hydrogen-bond donors (Lipinski definition) is 0. The number of fused-ring (bicyclic) bond motifs is 2. The van der Waals surface area contributed by atoms with Crippen molar-refractivity contribution in [3.05, 3.63) is 70.0 Å². The Morgan fingerprint density at radius 3 is 2.89 bits per heavy atom. The zero-order valence-corrected chi connectivity index (χ0v) is 15.2. The highest BCUT2D eigenvalue weighted by Gasteiger charge is 2.30. The molecule has 27 heavy (non-hydrogen) atoms. The van der Waals surface area contributed by atoms with E-state index in [-0.39, 0.29) is 16.7 Å². The first-order valence-corrected chi connectivity index (χ1v) is 9.67. The standard InChI is InChI=1S/C20H16N4O2S/c25-24(26)17-8-7-16(13-9-10-21-12-14(13)17)23-11-3-5-18(23)20-22-15-4-1-2-6-19(15)27-20/h1-2,4,6-10,12,18H,3,5,11H2. The van der Waals surface area contributed by atoms with E-state index in [0.29, 0.717) is 5.39 Å². The Morgan fingerprint density at radius 1 is 1.15 bits per heavy atom. The van der Waals surface area contributed by atoms with Crippen molar-refractivity contribution in [2.24, 2.45) is 0 Å². The maximum Gasteiger partial charge on any atom is 0.278 e. The number of nitro benzene ring substituents is 1. The lowest BCUT2D eigenvalue weighted by Gasteiger charge is -2.26. The maximum atomic E-state index is 11.4. The van der Waals surface area contributed by atoms with Crippen LogP contribution < -0.4 is 4.90 Å². The lowest BCUT2D eigenvalue weighted by Crippen LogP contribution is -2.22. The van der Waals surface area contributed by atoms with Gasteiger partial charge in [-0.15, -0.1) is 11.3 Å². The van der Waals surface area contributed by atoms with Gasteiger partial charge in [-0.2, -0.15) is 0 Å². The summed E-state index contributed by atoms with van der Waals surface area (Å²) >= 11 is 1.73. The van der Waals surface area contributed by atoms with Crippen LogP contribution in [0.25, 0.3) is 21.0 Å². The molecule has 0 radical (unpaired) electrons. The molecule has 1 atom stereocenters. The summed E-state index contributed by atoms with van der Waals surface area (Å²) in [4.78, 5) is 22.3. The number of anilines is 1. The van der Waals surface area contributed by atoms with Gasteiger partial charge in [0.15, 0.2) is 0 Å². The largest absolute Gasteiger partial charge is 0.362 e. The molecule has 1 aliphatic rings. The van der Waals surface area contributed by atoms with Gasteiger partial charge in [0, 0.05) is 36.1 Å². The minimum absolute atomic E-state index is 0.0950. The molecule has 1 saturated heterocycles. The van der Waals surface area contributed by atoms with E-state index in [0.717, 1.165) is 41.0 Å². The summed E-state index contributed by atoms with van der Waals surface area (Å²) in [5, 5.41) is 13.9. The van der Waals surface area contributed by atoms with Crippen LogP contribution in [0.1, 0.15) is 23.9 Å². The van der Waals surface area contributed by atoms with Crippen molar-refractivity contribution in [3.63, 3.8) is 0 Å². The number of rotatable bonds is 3. The average molecular weight is 376 g/mol. The minimum Gasteiger partial charge on any atom is -0.362 e. The number of nitrogens with zero attached hydrogens (tertiary/aromatic N) is 4. The highest BCUT2D eigenvalue weighted by Crippen LogP contribution is 2.42. The molecule has 1 fully saturated rings. The van der Waals surface area contributed by atoms with Crippen LogP contribution in [-0.4, -0.2) is 21.4 Å². The minimum atomic E-state index is -0.344. The summed E-state index contributed by atoms with van der Waals surface area (Å²) in [5.74, 6) is 0. The molecule has 1 aliphatic heterocycles. The van der Waals surface area contributed by atoms with E-state index in [1.165, 1.54) is 4.70 Å². The number of pyridine rings is 1. The Labute approximate surface area is 159 Å². The third-order valence-electron chi connectivity index (χ3n) is 5.13. The first-order chi connectivity index (χ1) is 13.2. The quantitative estimate of drug-likeness (QED) is 0.368. The molecular weight excluding hydrogens is 360 g/mol. The average Bonchev–Trinajstić information content (AvgIpc) is 3.33. The van der Waals surface area contributed by atoms with Crippen LogP contribution in [0, 0.1) is 10.1 Å². The molecule has 0 amide bonds. The number of nitro groups is 1. The van der Waals surface area contributed by atoms with Crippen molar-refractivity contribution in [2.75, 3.05) is 11.4 Å². The van der Waals surface area contributed by atoms with E-state index in [1.807, 2.05) is 30.3 Å². The fourth-order valence-corrected chi connectivity index (χ4v) is 5.03. The Kier molecular flexibility index (Phi) is 3.75. The third kappa shape index (κ3) is 2.62. The SMILES string of the molecule is O=[N+]([O-])c1ccc(N2CCCC2c2nc3ccccc3s2)c2ccncc12. The van der Waals surface area contributed by atoms with Gasteiger partial charge in [0.2, 0.25) is 0 Å². The van der Waals surface area contributed by atoms with Crippen molar-refractivity contribution in [3.8, 4) is 0 Å². The second-order valence-electron chi connectivity index (χ2n) is 6.65. The molecule has 2 aromatic carbocycles. The van der Waals surface area contributed by atoms with E-state index in [1.54, 1.807) is 29.8 Å². The van der Waals surface area contributed by atoms with Gasteiger partial charge in [0.25, 0.3) is 5.69 Å². The fourth-order valence-electron chi connectivity index (χ4n) is 3.91. The van der Waals surface area contributed by atoms with E-state index >= 15 is 0 Å². The van der Waals surface area contributed by atoms with Crippen LogP contribution in [0.5, 0.6) is 0 Å². The van der Waals surface area contributed by atoms with Crippen LogP contribution in [0.15, 0.2) is 54.9 Å². The Hall–Kier alpha value is -3.06. The van der Waals surface area contributed by atoms with Crippen LogP contribution in [0.3, 0.4) is 0 Å². The smallest absolute Gasteiger partial charge is 0.278 e. The van der Waals surface area contributed by atoms with Crippen LogP contribution >= 0.6 is 11.3 Å². The topological polar surface area (TPSA) is 72.2 Å². The zero-order valence-electron chi connectivity index (χ0n) is 14.4. The van der Waals surface area contributed by atoms with Gasteiger partial charge < -0.3 is 4.90 Å². The van der Waals surface area contributed by atoms with Crippen LogP contribution in [0.4, 0.5) is 11.4 Å². The number of non-ortho nitro benzene ring substituents is 1. The molecular formula is C20H16N4O2S. The van der Waals surface area contributed by atoms with E-state index in [9.17, 15) is 10.1 Å². The van der Waals surface area contributed by atoms with Gasteiger partial charge in [-0.3, -0.25) is 15.1 Å². The molecule has 134 valence electrons. The molecule has 5 rings (SSSR count). The maximum absolute atomic E-state index is 11.4. The lowest BCUT2D eigenvalue weighted by molar-refractivity contribution is -0.383. The number of hydrogen-bond acceptors (Lipinski definition) is 6. The normalized spacial score (nSPS) is 17.0. The zero-order chi connectivity index (χ0) is 18.4. The molecule has 0 aliphatic carbocycles. The summed E-state index contributed by atoms with van der Waals surface area (Å²) in [5.41, 5.74) is 2.14. The van der Waals surface area contributed by atoms with Gasteiger partial charge in [0.05, 0.1) is 26.6 Å². The Balaban J connectivity index is 1.63. The monoisotopic (exact) mass is 376 g/mol. The van der Waals surface area contributed by atoms with Gasteiger partial charge in [-0.1, -0.05) is 12.1 Å². The number of aromatic nitrogens is 2. The van der Waals surface area contributed by atoms with E-state index in [2.05, 4.69) is 16.0 Å². The number of benzene rings is 2. The van der Waals surface area contributed by atoms with Crippen molar-refractivity contribution >= 4 is 43.7 Å². The molecule has 0 N–H and O–H groups in total. The van der Waals surface area contributed by atoms with Gasteiger partial charge in [-0.25, -0.2) is 4.98 Å². The van der Waals surface area contributed by atoms with Crippen LogP contribution in [0.2, 0.25) is 0 Å². The summed E-state index contributed by atoms with van der Waals surface area (Å²) in [6.45, 7) is 0.913. The van der Waals surface area contributed by atoms with Crippen molar-refractivity contribution < 1.29 is 4.92 Å².